The number of nitrogens with zero attached hydrogens (tertiary/aromatic N) is 1. The fourth-order valence-electron chi connectivity index (χ4n) is 0.458. The molecular formula is C7H17NO8. The zero-order chi connectivity index (χ0) is 12.6. The lowest BCUT2D eigenvalue weighted by Gasteiger charge is -2.17. The second-order valence-corrected chi connectivity index (χ2v) is 2.00. The normalized spacial score (nSPS) is 9.75. The number of hydrogen-bond acceptors (Lipinski definition) is 8. The summed E-state index contributed by atoms with van der Waals surface area (Å²) in [6.45, 7) is -0.755. The van der Waals surface area contributed by atoms with Gasteiger partial charge in [-0.15, -0.1) is 0 Å². The van der Waals surface area contributed by atoms with Gasteiger partial charge in [-0.25, -0.2) is 14.5 Å². The molecule has 0 radical (unpaired) electrons. The van der Waals surface area contributed by atoms with Crippen LogP contribution in [0.25, 0.3) is 0 Å². The molecule has 0 spiro atoms. The molecule has 9 nitrogen and oxygen atoms in total. The Morgan fingerprint density at radius 3 is 1.31 bits per heavy atom. The van der Waals surface area contributed by atoms with Crippen LogP contribution in [-0.4, -0.2) is 71.9 Å². The molecule has 0 bridgehead atoms. The molecule has 0 saturated heterocycles. The molecule has 0 saturated carbocycles. The number of carboxylic acid groups (broad SMARTS) is 1. The third-order valence-electron chi connectivity index (χ3n) is 0.864. The maximum absolute atomic E-state index is 8.40. The Hall–Kier alpha value is -0.810. The van der Waals surface area contributed by atoms with E-state index in [0.29, 0.717) is 5.39 Å². The van der Waals surface area contributed by atoms with Crippen molar-refractivity contribution < 1.29 is 39.7 Å². The SMILES string of the molecule is O=CO.OCCON(OCCO)OCCO. The number of hydrogen-bond donors (Lipinski definition) is 4. The monoisotopic (exact) mass is 243 g/mol. The van der Waals surface area contributed by atoms with Crippen LogP contribution in [0.1, 0.15) is 0 Å². The first kappa shape index (κ1) is 17.6. The average molecular weight is 243 g/mol. The highest BCUT2D eigenvalue weighted by molar-refractivity contribution is 5.32. The maximum Gasteiger partial charge on any atom is 0.290 e. The second-order valence-electron chi connectivity index (χ2n) is 2.00. The van der Waals surface area contributed by atoms with Crippen LogP contribution in [0.3, 0.4) is 0 Å². The van der Waals surface area contributed by atoms with Crippen molar-refractivity contribution in [3.05, 3.63) is 0 Å². The topological polar surface area (TPSA) is 129 Å². The molecule has 9 heteroatoms. The molecule has 16 heavy (non-hydrogen) atoms. The van der Waals surface area contributed by atoms with Gasteiger partial charge in [-0.1, -0.05) is 0 Å². The molecule has 0 atom stereocenters. The van der Waals surface area contributed by atoms with E-state index in [0.717, 1.165) is 0 Å². The summed E-state index contributed by atoms with van der Waals surface area (Å²) >= 11 is 0. The van der Waals surface area contributed by atoms with E-state index in [9.17, 15) is 0 Å². The summed E-state index contributed by atoms with van der Waals surface area (Å²) in [5.74, 6) is 0. The van der Waals surface area contributed by atoms with Gasteiger partial charge in [0.25, 0.3) is 6.47 Å². The predicted octanol–water partition coefficient (Wildman–Crippen LogP) is -2.24. The second kappa shape index (κ2) is 16.6. The minimum atomic E-state index is -0.250. The predicted molar refractivity (Wildman–Crippen MR) is 49.6 cm³/mol. The van der Waals surface area contributed by atoms with Crippen LogP contribution < -0.4 is 0 Å². The summed E-state index contributed by atoms with van der Waals surface area (Å²) in [4.78, 5) is 22.5. The van der Waals surface area contributed by atoms with Crippen LogP contribution >= 0.6 is 0 Å². The fraction of sp³-hybridized carbons (Fsp3) is 0.857. The van der Waals surface area contributed by atoms with Crippen LogP contribution in [0.4, 0.5) is 0 Å². The molecule has 0 heterocycles. The van der Waals surface area contributed by atoms with Gasteiger partial charge in [0, 0.05) is 0 Å². The number of aliphatic hydroxyl groups excluding tert-OH is 3. The Bertz CT molecular complexity index is 117. The maximum atomic E-state index is 8.40. The van der Waals surface area contributed by atoms with E-state index >= 15 is 0 Å². The lowest BCUT2D eigenvalue weighted by molar-refractivity contribution is -0.527. The molecule has 0 rings (SSSR count). The Labute approximate surface area is 92.2 Å². The van der Waals surface area contributed by atoms with Crippen LogP contribution in [0.2, 0.25) is 0 Å². The Balaban J connectivity index is 0. The highest BCUT2D eigenvalue weighted by Crippen LogP contribution is 1.93. The van der Waals surface area contributed by atoms with Crippen LogP contribution in [0, 0.1) is 0 Å². The van der Waals surface area contributed by atoms with Crippen LogP contribution in [0.15, 0.2) is 0 Å². The van der Waals surface area contributed by atoms with Gasteiger partial charge in [-0.3, -0.25) is 4.79 Å². The van der Waals surface area contributed by atoms with Crippen molar-refractivity contribution in [1.82, 2.24) is 5.39 Å². The first-order chi connectivity index (χ1) is 7.76. The van der Waals surface area contributed by atoms with E-state index in [-0.39, 0.29) is 46.1 Å². The zero-order valence-corrected chi connectivity index (χ0v) is 8.69. The van der Waals surface area contributed by atoms with E-state index in [1.807, 2.05) is 0 Å². The third-order valence-corrected chi connectivity index (χ3v) is 0.864. The van der Waals surface area contributed by atoms with Crippen LogP contribution in [0.5, 0.6) is 0 Å². The molecule has 0 aromatic rings. The van der Waals surface area contributed by atoms with Gasteiger partial charge in [-0.2, -0.15) is 0 Å². The molecule has 0 unspecified atom stereocenters. The zero-order valence-electron chi connectivity index (χ0n) is 8.69. The Morgan fingerprint density at radius 2 is 1.12 bits per heavy atom. The summed E-state index contributed by atoms with van der Waals surface area (Å²) in [6, 6.07) is 0. The van der Waals surface area contributed by atoms with E-state index in [2.05, 4.69) is 0 Å². The smallest absolute Gasteiger partial charge is 0.290 e. The molecule has 0 aromatic carbocycles. The molecule has 4 N–H and O–H groups in total. The minimum Gasteiger partial charge on any atom is -0.483 e. The van der Waals surface area contributed by atoms with Crippen molar-refractivity contribution in [2.24, 2.45) is 0 Å². The third kappa shape index (κ3) is 15.7. The highest BCUT2D eigenvalue weighted by atomic mass is 17.2. The van der Waals surface area contributed by atoms with E-state index in [1.54, 1.807) is 0 Å². The van der Waals surface area contributed by atoms with Crippen molar-refractivity contribution in [2.45, 2.75) is 0 Å². The van der Waals surface area contributed by atoms with Crippen LogP contribution in [-0.2, 0) is 19.3 Å². The Kier molecular flexibility index (Phi) is 18.3. The first-order valence-electron chi connectivity index (χ1n) is 4.36. The minimum absolute atomic E-state index is 0.0108. The van der Waals surface area contributed by atoms with Gasteiger partial charge >= 0.3 is 0 Å². The lowest BCUT2D eigenvalue weighted by Crippen LogP contribution is -2.28. The first-order valence-corrected chi connectivity index (χ1v) is 4.36. The van der Waals surface area contributed by atoms with Crippen molar-refractivity contribution in [3.8, 4) is 0 Å². The molecule has 0 fully saturated rings. The van der Waals surface area contributed by atoms with Gasteiger partial charge in [0.1, 0.15) is 0 Å². The van der Waals surface area contributed by atoms with Gasteiger partial charge in [-0.05, 0) is 0 Å². The van der Waals surface area contributed by atoms with Crippen molar-refractivity contribution in [2.75, 3.05) is 39.6 Å². The molecule has 0 aliphatic carbocycles. The van der Waals surface area contributed by atoms with Crippen molar-refractivity contribution in [3.63, 3.8) is 0 Å². The average Bonchev–Trinajstić information content (AvgIpc) is 2.29. The largest absolute Gasteiger partial charge is 0.483 e. The molecular weight excluding hydrogens is 226 g/mol. The molecule has 0 aromatic heterocycles. The summed E-state index contributed by atoms with van der Waals surface area (Å²) in [5, 5.41) is 32.8. The number of aliphatic hydroxyl groups is 3. The van der Waals surface area contributed by atoms with Gasteiger partial charge in [0.2, 0.25) is 0 Å². The van der Waals surface area contributed by atoms with Gasteiger partial charge in [0.05, 0.1) is 45.0 Å². The number of carbonyl (C=O) groups is 1. The van der Waals surface area contributed by atoms with E-state index in [1.165, 1.54) is 0 Å². The van der Waals surface area contributed by atoms with Gasteiger partial charge < -0.3 is 20.4 Å². The summed E-state index contributed by atoms with van der Waals surface area (Å²) in [5.41, 5.74) is 0. The number of rotatable bonds is 9. The standard InChI is InChI=1S/C6H15NO6.CH2O2/c8-1-4-11-7(12-5-2-9)13-6-3-10;2-1-3/h8-10H,1-6H2;1H,(H,2,3). The molecule has 0 amide bonds. The van der Waals surface area contributed by atoms with E-state index < -0.39 is 0 Å². The highest BCUT2D eigenvalue weighted by Gasteiger charge is 2.05. The molecule has 0 aliphatic heterocycles. The molecule has 98 valence electrons. The Morgan fingerprint density at radius 1 is 0.875 bits per heavy atom. The van der Waals surface area contributed by atoms with Crippen molar-refractivity contribution in [1.29, 1.82) is 0 Å². The van der Waals surface area contributed by atoms with Gasteiger partial charge in [0.15, 0.2) is 0 Å². The summed E-state index contributed by atoms with van der Waals surface area (Å²) in [6.07, 6.45) is 0. The van der Waals surface area contributed by atoms with E-state index in [4.69, 9.17) is 39.7 Å². The summed E-state index contributed by atoms with van der Waals surface area (Å²) < 4.78 is 0. The lowest BCUT2D eigenvalue weighted by atomic mass is 10.8. The fourth-order valence-corrected chi connectivity index (χ4v) is 0.458. The summed E-state index contributed by atoms with van der Waals surface area (Å²) in [7, 11) is 0. The molecule has 0 aliphatic rings. The quantitative estimate of drug-likeness (QED) is 0.262. The van der Waals surface area contributed by atoms with Crippen molar-refractivity contribution >= 4 is 6.47 Å².